The first kappa shape index (κ1) is 16.9. The molecule has 2 N–H and O–H groups in total. The lowest BCUT2D eigenvalue weighted by Crippen LogP contribution is -2.36. The van der Waals surface area contributed by atoms with Crippen LogP contribution in [0, 0.1) is 0 Å². The van der Waals surface area contributed by atoms with E-state index in [2.05, 4.69) is 10.1 Å². The maximum Gasteiger partial charge on any atom is 0.330 e. The van der Waals surface area contributed by atoms with Gasteiger partial charge in [-0.3, -0.25) is 0 Å². The monoisotopic (exact) mass is 295 g/mol. The molecule has 0 saturated carbocycles. The van der Waals surface area contributed by atoms with Gasteiger partial charge in [-0.15, -0.1) is 0 Å². The second-order valence-electron chi connectivity index (χ2n) is 4.35. The van der Waals surface area contributed by atoms with Gasteiger partial charge in [-0.2, -0.15) is 8.78 Å². The molecule has 1 rings (SSSR count). The number of aliphatic hydroxyl groups is 1. The fraction of sp³-hybridized carbons (Fsp3) is 0.538. The summed E-state index contributed by atoms with van der Waals surface area (Å²) >= 11 is 0. The molecular formula is C13H17F4NO2. The number of nitrogens with one attached hydrogen (secondary N) is 1. The second kappa shape index (κ2) is 8.18. The van der Waals surface area contributed by atoms with Crippen LogP contribution in [0.1, 0.15) is 5.56 Å². The number of hydrogen-bond donors (Lipinski definition) is 2. The Kier molecular flexibility index (Phi) is 6.90. The maximum atomic E-state index is 12.5. The van der Waals surface area contributed by atoms with Crippen LogP contribution in [0.15, 0.2) is 30.3 Å². The van der Waals surface area contributed by atoms with E-state index in [1.54, 1.807) is 0 Å². The number of alkyl halides is 4. The topological polar surface area (TPSA) is 41.5 Å². The van der Waals surface area contributed by atoms with Crippen LogP contribution in [0.25, 0.3) is 0 Å². The average molecular weight is 295 g/mol. The lowest BCUT2D eigenvalue weighted by atomic mass is 10.2. The summed E-state index contributed by atoms with van der Waals surface area (Å²) in [6.45, 7) is -1.20. The van der Waals surface area contributed by atoms with Crippen LogP contribution in [-0.4, -0.2) is 43.3 Å². The molecule has 0 aliphatic heterocycles. The molecule has 0 aromatic heterocycles. The van der Waals surface area contributed by atoms with Crippen LogP contribution in [0.5, 0.6) is 0 Å². The van der Waals surface area contributed by atoms with Crippen LogP contribution < -0.4 is 5.32 Å². The van der Waals surface area contributed by atoms with Crippen molar-refractivity contribution < 1.29 is 27.4 Å². The highest BCUT2D eigenvalue weighted by molar-refractivity contribution is 5.14. The van der Waals surface area contributed by atoms with Crippen molar-refractivity contribution >= 4 is 0 Å². The molecule has 1 atom stereocenters. The second-order valence-corrected chi connectivity index (χ2v) is 4.35. The summed E-state index contributed by atoms with van der Waals surface area (Å²) in [5.41, 5.74) is 1.00. The maximum absolute atomic E-state index is 12.5. The van der Waals surface area contributed by atoms with Crippen molar-refractivity contribution in [1.29, 1.82) is 0 Å². The van der Waals surface area contributed by atoms with Crippen molar-refractivity contribution in [3.05, 3.63) is 35.9 Å². The third-order valence-electron chi connectivity index (χ3n) is 2.48. The minimum atomic E-state index is -4.18. The molecule has 0 heterocycles. The summed E-state index contributed by atoms with van der Waals surface area (Å²) in [5.74, 6) is -4.18. The molecular weight excluding hydrogens is 278 g/mol. The zero-order valence-electron chi connectivity index (χ0n) is 10.7. The standard InChI is InChI=1S/C13H17F4NO2/c14-12(15)13(16,17)9-20-8-11(19)7-18-6-10-4-2-1-3-5-10/h1-5,11-12,18-19H,6-9H2. The van der Waals surface area contributed by atoms with Gasteiger partial charge in [0, 0.05) is 13.1 Å². The Balaban J connectivity index is 2.13. The molecule has 1 aromatic carbocycles. The van der Waals surface area contributed by atoms with Crippen LogP contribution in [-0.2, 0) is 11.3 Å². The third kappa shape index (κ3) is 6.31. The van der Waals surface area contributed by atoms with E-state index in [1.807, 2.05) is 30.3 Å². The highest BCUT2D eigenvalue weighted by Crippen LogP contribution is 2.22. The number of ether oxygens (including phenoxy) is 1. The molecule has 114 valence electrons. The largest absolute Gasteiger partial charge is 0.389 e. The molecule has 0 fully saturated rings. The van der Waals surface area contributed by atoms with Gasteiger partial charge >= 0.3 is 12.3 Å². The van der Waals surface area contributed by atoms with E-state index in [0.29, 0.717) is 6.54 Å². The van der Waals surface area contributed by atoms with Gasteiger partial charge in [-0.05, 0) is 5.56 Å². The molecule has 0 amide bonds. The number of aliphatic hydroxyl groups excluding tert-OH is 1. The Morgan fingerprint density at radius 2 is 1.85 bits per heavy atom. The van der Waals surface area contributed by atoms with Gasteiger partial charge in [-0.1, -0.05) is 30.3 Å². The number of halogens is 4. The summed E-state index contributed by atoms with van der Waals surface area (Å²) in [6.07, 6.45) is -4.80. The molecule has 0 aliphatic rings. The first-order valence-electron chi connectivity index (χ1n) is 6.08. The van der Waals surface area contributed by atoms with Crippen molar-refractivity contribution in [2.75, 3.05) is 19.8 Å². The lowest BCUT2D eigenvalue weighted by molar-refractivity contribution is -0.170. The summed E-state index contributed by atoms with van der Waals surface area (Å²) in [4.78, 5) is 0. The number of rotatable bonds is 9. The first-order valence-corrected chi connectivity index (χ1v) is 6.08. The summed E-state index contributed by atoms with van der Waals surface area (Å²) in [7, 11) is 0. The lowest BCUT2D eigenvalue weighted by Gasteiger charge is -2.17. The normalized spacial score (nSPS) is 13.7. The van der Waals surface area contributed by atoms with Gasteiger partial charge in [0.2, 0.25) is 0 Å². The van der Waals surface area contributed by atoms with Gasteiger partial charge in [0.25, 0.3) is 0 Å². The zero-order valence-corrected chi connectivity index (χ0v) is 10.7. The molecule has 0 spiro atoms. The predicted octanol–water partition coefficient (Wildman–Crippen LogP) is 2.05. The van der Waals surface area contributed by atoms with Crippen molar-refractivity contribution in [2.24, 2.45) is 0 Å². The molecule has 1 aromatic rings. The van der Waals surface area contributed by atoms with Gasteiger partial charge in [0.05, 0.1) is 12.7 Å². The van der Waals surface area contributed by atoms with Crippen LogP contribution >= 0.6 is 0 Å². The van der Waals surface area contributed by atoms with E-state index in [0.717, 1.165) is 5.56 Å². The van der Waals surface area contributed by atoms with E-state index < -0.39 is 31.7 Å². The smallest absolute Gasteiger partial charge is 0.330 e. The third-order valence-corrected chi connectivity index (χ3v) is 2.48. The van der Waals surface area contributed by atoms with Gasteiger partial charge in [0.1, 0.15) is 6.61 Å². The summed E-state index contributed by atoms with van der Waals surface area (Å²) in [5, 5.41) is 12.3. The molecule has 7 heteroatoms. The highest BCUT2D eigenvalue weighted by Gasteiger charge is 2.41. The minimum absolute atomic E-state index is 0.120. The highest BCUT2D eigenvalue weighted by atomic mass is 19.3. The van der Waals surface area contributed by atoms with Gasteiger partial charge in [0.15, 0.2) is 0 Å². The van der Waals surface area contributed by atoms with Gasteiger partial charge < -0.3 is 15.2 Å². The van der Waals surface area contributed by atoms with Crippen molar-refractivity contribution in [3.8, 4) is 0 Å². The molecule has 3 nitrogen and oxygen atoms in total. The Hall–Kier alpha value is -1.18. The van der Waals surface area contributed by atoms with E-state index in [9.17, 15) is 22.7 Å². The Morgan fingerprint density at radius 1 is 1.20 bits per heavy atom. The molecule has 0 aliphatic carbocycles. The first-order chi connectivity index (χ1) is 9.42. The molecule has 20 heavy (non-hydrogen) atoms. The summed E-state index contributed by atoms with van der Waals surface area (Å²) < 4.78 is 53.0. The Morgan fingerprint density at radius 3 is 2.45 bits per heavy atom. The fourth-order valence-electron chi connectivity index (χ4n) is 1.43. The zero-order chi connectivity index (χ0) is 15.0. The molecule has 0 radical (unpaired) electrons. The number of hydrogen-bond acceptors (Lipinski definition) is 3. The van der Waals surface area contributed by atoms with E-state index in [4.69, 9.17) is 0 Å². The molecule has 0 saturated heterocycles. The fourth-order valence-corrected chi connectivity index (χ4v) is 1.43. The Bertz CT molecular complexity index is 376. The minimum Gasteiger partial charge on any atom is -0.389 e. The average Bonchev–Trinajstić information content (AvgIpc) is 2.39. The van der Waals surface area contributed by atoms with Crippen molar-refractivity contribution in [3.63, 3.8) is 0 Å². The number of benzene rings is 1. The van der Waals surface area contributed by atoms with Crippen LogP contribution in [0.3, 0.4) is 0 Å². The van der Waals surface area contributed by atoms with E-state index in [-0.39, 0.29) is 6.54 Å². The van der Waals surface area contributed by atoms with Crippen molar-refractivity contribution in [2.45, 2.75) is 25.0 Å². The molecule has 0 bridgehead atoms. The van der Waals surface area contributed by atoms with Crippen molar-refractivity contribution in [1.82, 2.24) is 5.32 Å². The van der Waals surface area contributed by atoms with Gasteiger partial charge in [-0.25, -0.2) is 8.78 Å². The van der Waals surface area contributed by atoms with Crippen LogP contribution in [0.4, 0.5) is 17.6 Å². The quantitative estimate of drug-likeness (QED) is 0.685. The van der Waals surface area contributed by atoms with E-state index >= 15 is 0 Å². The SMILES string of the molecule is OC(CNCc1ccccc1)COCC(F)(F)C(F)F. The van der Waals surface area contributed by atoms with E-state index in [1.165, 1.54) is 0 Å². The van der Waals surface area contributed by atoms with Crippen LogP contribution in [0.2, 0.25) is 0 Å². The molecule has 1 unspecified atom stereocenters. The summed E-state index contributed by atoms with van der Waals surface area (Å²) in [6, 6.07) is 9.37. The Labute approximate surface area is 114 Å². The predicted molar refractivity (Wildman–Crippen MR) is 65.9 cm³/mol.